The van der Waals surface area contributed by atoms with E-state index in [1.165, 1.54) is 6.20 Å². The van der Waals surface area contributed by atoms with Crippen molar-refractivity contribution in [2.75, 3.05) is 18.2 Å². The van der Waals surface area contributed by atoms with Crippen LogP contribution in [0, 0.1) is 11.3 Å². The number of pyridine rings is 1. The average molecular weight is 489 g/mol. The van der Waals surface area contributed by atoms with Gasteiger partial charge in [0.2, 0.25) is 5.95 Å². The molecular weight excluding hydrogens is 464 g/mol. The van der Waals surface area contributed by atoms with E-state index in [0.717, 1.165) is 28.0 Å². The Morgan fingerprint density at radius 2 is 1.81 bits per heavy atom. The summed E-state index contributed by atoms with van der Waals surface area (Å²) in [4.78, 5) is 22.3. The number of hydrogen-bond donors (Lipinski definition) is 2. The Bertz CT molecular complexity index is 1690. The largest absolute Gasteiger partial charge is 0.497 e. The zero-order chi connectivity index (χ0) is 25.9. The van der Waals surface area contributed by atoms with Crippen LogP contribution in [0.15, 0.2) is 89.9 Å². The highest BCUT2D eigenvalue weighted by Gasteiger charge is 2.20. The zero-order valence-electron chi connectivity index (χ0n) is 20.3. The minimum atomic E-state index is -0.400. The summed E-state index contributed by atoms with van der Waals surface area (Å²) in [5, 5.41) is 14.2. The first-order chi connectivity index (χ1) is 18.0. The van der Waals surface area contributed by atoms with Crippen LogP contribution in [0.2, 0.25) is 0 Å². The lowest BCUT2D eigenvalue weighted by Gasteiger charge is -2.22. The molecule has 3 N–H and O–H groups in total. The summed E-state index contributed by atoms with van der Waals surface area (Å²) < 4.78 is 7.00. The molecule has 0 amide bonds. The van der Waals surface area contributed by atoms with E-state index < -0.39 is 6.04 Å². The lowest BCUT2D eigenvalue weighted by molar-refractivity contribution is 0.415. The molecule has 0 aliphatic carbocycles. The van der Waals surface area contributed by atoms with Gasteiger partial charge in [0.15, 0.2) is 0 Å². The normalized spacial score (nSPS) is 11.6. The van der Waals surface area contributed by atoms with Crippen molar-refractivity contribution in [3.05, 3.63) is 107 Å². The summed E-state index contributed by atoms with van der Waals surface area (Å²) in [7, 11) is 1.62. The first-order valence-corrected chi connectivity index (χ1v) is 11.7. The maximum absolute atomic E-state index is 14.2. The molecule has 0 saturated heterocycles. The number of anilines is 2. The van der Waals surface area contributed by atoms with E-state index in [2.05, 4.69) is 21.4 Å². The summed E-state index contributed by atoms with van der Waals surface area (Å²) in [6.45, 7) is 1.91. The molecule has 2 heterocycles. The molecule has 5 rings (SSSR count). The summed E-state index contributed by atoms with van der Waals surface area (Å²) in [5.41, 5.74) is 9.06. The molecule has 37 heavy (non-hydrogen) atoms. The molecule has 2 aromatic heterocycles. The Labute approximate surface area is 213 Å². The van der Waals surface area contributed by atoms with Gasteiger partial charge in [-0.1, -0.05) is 48.5 Å². The number of rotatable bonds is 6. The number of nitrogens with zero attached hydrogens (tertiary/aromatic N) is 4. The molecular formula is C29H24N6O2. The van der Waals surface area contributed by atoms with Crippen LogP contribution in [-0.4, -0.2) is 21.6 Å². The lowest BCUT2D eigenvalue weighted by Crippen LogP contribution is -2.26. The molecule has 5 aromatic rings. The van der Waals surface area contributed by atoms with E-state index in [4.69, 9.17) is 10.5 Å². The molecule has 0 fully saturated rings. The Hall–Kier alpha value is -5.16. The van der Waals surface area contributed by atoms with Crippen molar-refractivity contribution in [2.45, 2.75) is 13.0 Å². The van der Waals surface area contributed by atoms with Crippen LogP contribution in [-0.2, 0) is 0 Å². The molecule has 182 valence electrons. The number of methoxy groups -OCH3 is 1. The Morgan fingerprint density at radius 3 is 2.51 bits per heavy atom. The number of nitrogen functional groups attached to an aromatic ring is 1. The summed E-state index contributed by atoms with van der Waals surface area (Å²) >= 11 is 0. The minimum absolute atomic E-state index is 0.0526. The number of para-hydroxylation sites is 1. The Morgan fingerprint density at radius 1 is 1.05 bits per heavy atom. The molecule has 0 spiro atoms. The van der Waals surface area contributed by atoms with E-state index >= 15 is 0 Å². The SMILES string of the molecule is COc1ccc(-c2cccc3cc([C@H](C)Nc4nc(N)ncc4C#N)n(-c4ccccc4)c(=O)c23)cc1. The van der Waals surface area contributed by atoms with Crippen LogP contribution in [0.5, 0.6) is 5.75 Å². The molecule has 8 nitrogen and oxygen atoms in total. The Kier molecular flexibility index (Phi) is 6.27. The van der Waals surface area contributed by atoms with Crippen molar-refractivity contribution in [1.82, 2.24) is 14.5 Å². The molecule has 3 aromatic carbocycles. The minimum Gasteiger partial charge on any atom is -0.497 e. The van der Waals surface area contributed by atoms with Gasteiger partial charge in [0.05, 0.1) is 24.7 Å². The fourth-order valence-corrected chi connectivity index (χ4v) is 4.42. The maximum atomic E-state index is 14.2. The average Bonchev–Trinajstić information content (AvgIpc) is 2.93. The van der Waals surface area contributed by atoms with Crippen molar-refractivity contribution in [1.29, 1.82) is 5.26 Å². The van der Waals surface area contributed by atoms with Gasteiger partial charge in [-0.15, -0.1) is 0 Å². The number of aromatic nitrogens is 3. The molecule has 0 aliphatic rings. The smallest absolute Gasteiger partial charge is 0.263 e. The highest BCUT2D eigenvalue weighted by molar-refractivity contribution is 5.96. The van der Waals surface area contributed by atoms with Gasteiger partial charge in [-0.2, -0.15) is 10.2 Å². The fourth-order valence-electron chi connectivity index (χ4n) is 4.42. The quantitative estimate of drug-likeness (QED) is 0.342. The van der Waals surface area contributed by atoms with Gasteiger partial charge >= 0.3 is 0 Å². The third-order valence-electron chi connectivity index (χ3n) is 6.22. The van der Waals surface area contributed by atoms with Crippen molar-refractivity contribution in [3.8, 4) is 28.6 Å². The van der Waals surface area contributed by atoms with Crippen molar-refractivity contribution >= 4 is 22.5 Å². The molecule has 0 aliphatic heterocycles. The van der Waals surface area contributed by atoms with Crippen LogP contribution >= 0.6 is 0 Å². The van der Waals surface area contributed by atoms with Gasteiger partial charge < -0.3 is 15.8 Å². The second-order valence-corrected chi connectivity index (χ2v) is 8.51. The predicted octanol–water partition coefficient (Wildman–Crippen LogP) is 5.08. The van der Waals surface area contributed by atoms with Crippen LogP contribution in [0.4, 0.5) is 11.8 Å². The summed E-state index contributed by atoms with van der Waals surface area (Å²) in [6, 6.07) is 26.6. The molecule has 0 saturated carbocycles. The van der Waals surface area contributed by atoms with E-state index in [1.807, 2.05) is 85.8 Å². The topological polar surface area (TPSA) is 119 Å². The summed E-state index contributed by atoms with van der Waals surface area (Å²) in [5.74, 6) is 1.11. The first-order valence-electron chi connectivity index (χ1n) is 11.7. The fraction of sp³-hybridized carbons (Fsp3) is 0.103. The van der Waals surface area contributed by atoms with Crippen molar-refractivity contribution < 1.29 is 4.74 Å². The first kappa shape index (κ1) is 23.6. The monoisotopic (exact) mass is 488 g/mol. The molecule has 0 bridgehead atoms. The van der Waals surface area contributed by atoms with Crippen LogP contribution in [0.3, 0.4) is 0 Å². The third kappa shape index (κ3) is 4.46. The Balaban J connectivity index is 1.73. The standard InChI is InChI=1S/C29H24N6O2/c1-18(33-27-21(16-30)17-32-29(31)34-27)25-15-20-7-6-10-24(19-11-13-23(37-2)14-12-19)26(20)28(36)35(25)22-8-4-3-5-9-22/h3-15,17-18H,1-2H3,(H3,31,32,33,34)/t18-/m0/s1. The molecule has 1 atom stereocenters. The van der Waals surface area contributed by atoms with Gasteiger partial charge in [-0.25, -0.2) is 4.98 Å². The highest BCUT2D eigenvalue weighted by atomic mass is 16.5. The number of nitrogens with two attached hydrogens (primary N) is 1. The molecule has 8 heteroatoms. The summed E-state index contributed by atoms with van der Waals surface area (Å²) in [6.07, 6.45) is 1.38. The maximum Gasteiger partial charge on any atom is 0.263 e. The van der Waals surface area contributed by atoms with Gasteiger partial charge in [0.1, 0.15) is 23.2 Å². The second-order valence-electron chi connectivity index (χ2n) is 8.51. The number of fused-ring (bicyclic) bond motifs is 1. The number of nitriles is 1. The number of nitrogens with one attached hydrogen (secondary N) is 1. The van der Waals surface area contributed by atoms with Crippen molar-refractivity contribution in [2.24, 2.45) is 0 Å². The van der Waals surface area contributed by atoms with Gasteiger partial charge in [0.25, 0.3) is 5.56 Å². The third-order valence-corrected chi connectivity index (χ3v) is 6.22. The van der Waals surface area contributed by atoms with Crippen LogP contribution < -0.4 is 21.3 Å². The predicted molar refractivity (Wildman–Crippen MR) is 145 cm³/mol. The van der Waals surface area contributed by atoms with E-state index in [0.29, 0.717) is 16.9 Å². The van der Waals surface area contributed by atoms with E-state index in [-0.39, 0.29) is 17.1 Å². The van der Waals surface area contributed by atoms with Crippen LogP contribution in [0.1, 0.15) is 24.2 Å². The van der Waals surface area contributed by atoms with E-state index in [1.54, 1.807) is 11.7 Å². The number of hydrogen-bond acceptors (Lipinski definition) is 7. The lowest BCUT2D eigenvalue weighted by atomic mass is 9.97. The van der Waals surface area contributed by atoms with E-state index in [9.17, 15) is 10.1 Å². The van der Waals surface area contributed by atoms with Gasteiger partial charge in [-0.05, 0) is 53.8 Å². The second kappa shape index (κ2) is 9.84. The number of benzene rings is 3. The number of ether oxygens (including phenoxy) is 1. The molecule has 0 unspecified atom stereocenters. The van der Waals surface area contributed by atoms with Crippen molar-refractivity contribution in [3.63, 3.8) is 0 Å². The molecule has 0 radical (unpaired) electrons. The van der Waals surface area contributed by atoms with Gasteiger partial charge in [-0.3, -0.25) is 9.36 Å². The van der Waals surface area contributed by atoms with Gasteiger partial charge in [0, 0.05) is 11.4 Å². The highest BCUT2D eigenvalue weighted by Crippen LogP contribution is 2.31. The van der Waals surface area contributed by atoms with Crippen LogP contribution in [0.25, 0.3) is 27.6 Å². The zero-order valence-corrected chi connectivity index (χ0v) is 20.3.